The molecule has 80 valence electrons. The Bertz CT molecular complexity index is 102. The number of hydrogen-bond donors (Lipinski definition) is 1. The van der Waals surface area contributed by atoms with Gasteiger partial charge in [-0.3, -0.25) is 0 Å². The first-order valence-corrected chi connectivity index (χ1v) is 5.30. The van der Waals surface area contributed by atoms with Gasteiger partial charge in [-0.25, -0.2) is 0 Å². The van der Waals surface area contributed by atoms with Crippen LogP contribution in [0.2, 0.25) is 0 Å². The summed E-state index contributed by atoms with van der Waals surface area (Å²) in [5, 5.41) is 3.16. The third-order valence-electron chi connectivity index (χ3n) is 2.44. The zero-order valence-corrected chi connectivity index (χ0v) is 9.64. The van der Waals surface area contributed by atoms with Crippen LogP contribution in [-0.2, 0) is 0 Å². The van der Waals surface area contributed by atoms with Gasteiger partial charge in [0, 0.05) is 26.2 Å². The lowest BCUT2D eigenvalue weighted by Gasteiger charge is -2.22. The van der Waals surface area contributed by atoms with Crippen molar-refractivity contribution in [3.05, 3.63) is 0 Å². The van der Waals surface area contributed by atoms with E-state index < -0.39 is 0 Å². The molecule has 0 saturated heterocycles. The molecule has 0 spiro atoms. The fourth-order valence-electron chi connectivity index (χ4n) is 1.27. The molecule has 0 fully saturated rings. The Morgan fingerprint density at radius 3 is 2.08 bits per heavy atom. The van der Waals surface area contributed by atoms with E-state index in [0.717, 1.165) is 26.2 Å². The zero-order chi connectivity index (χ0) is 10.1. The second-order valence-electron chi connectivity index (χ2n) is 3.43. The van der Waals surface area contributed by atoms with E-state index in [0.29, 0.717) is 0 Å². The van der Waals surface area contributed by atoms with Gasteiger partial charge < -0.3 is 15.1 Å². The molecule has 0 aromatic heterocycles. The molecule has 0 rings (SSSR count). The summed E-state index contributed by atoms with van der Waals surface area (Å²) in [6, 6.07) is 0. The Morgan fingerprint density at radius 2 is 1.62 bits per heavy atom. The first-order chi connectivity index (χ1) is 6.24. The van der Waals surface area contributed by atoms with Crippen LogP contribution in [0.1, 0.15) is 13.8 Å². The van der Waals surface area contributed by atoms with Gasteiger partial charge in [-0.1, -0.05) is 13.8 Å². The SMILES string of the molecule is CCN(CC)CCN(C)CCNC. The second kappa shape index (κ2) is 8.48. The van der Waals surface area contributed by atoms with Crippen LogP contribution in [0.15, 0.2) is 0 Å². The average Bonchev–Trinajstić information content (AvgIpc) is 2.16. The van der Waals surface area contributed by atoms with Crippen LogP contribution in [0.25, 0.3) is 0 Å². The van der Waals surface area contributed by atoms with Crippen molar-refractivity contribution in [3.8, 4) is 0 Å². The molecule has 0 bridgehead atoms. The van der Waals surface area contributed by atoms with Gasteiger partial charge >= 0.3 is 0 Å². The van der Waals surface area contributed by atoms with Crippen LogP contribution in [0.3, 0.4) is 0 Å². The Kier molecular flexibility index (Phi) is 8.40. The van der Waals surface area contributed by atoms with E-state index >= 15 is 0 Å². The molecular weight excluding hydrogens is 162 g/mol. The lowest BCUT2D eigenvalue weighted by atomic mass is 10.4. The predicted octanol–water partition coefficient (Wildman–Crippen LogP) is 0.479. The van der Waals surface area contributed by atoms with Crippen molar-refractivity contribution in [2.45, 2.75) is 13.8 Å². The molecule has 0 aliphatic rings. The summed E-state index contributed by atoms with van der Waals surface area (Å²) in [6.45, 7) is 11.3. The van der Waals surface area contributed by atoms with Crippen molar-refractivity contribution >= 4 is 0 Å². The van der Waals surface area contributed by atoms with E-state index in [1.54, 1.807) is 0 Å². The van der Waals surface area contributed by atoms with Crippen molar-refractivity contribution in [2.24, 2.45) is 0 Å². The Hall–Kier alpha value is -0.120. The minimum absolute atomic E-state index is 1.08. The van der Waals surface area contributed by atoms with Crippen molar-refractivity contribution in [3.63, 3.8) is 0 Å². The highest BCUT2D eigenvalue weighted by atomic mass is 15.2. The van der Waals surface area contributed by atoms with Crippen molar-refractivity contribution in [2.75, 3.05) is 53.4 Å². The monoisotopic (exact) mass is 187 g/mol. The molecule has 0 aliphatic carbocycles. The van der Waals surface area contributed by atoms with E-state index in [-0.39, 0.29) is 0 Å². The van der Waals surface area contributed by atoms with Gasteiger partial charge in [0.1, 0.15) is 0 Å². The number of likely N-dealkylation sites (N-methyl/N-ethyl adjacent to an activating group) is 3. The Morgan fingerprint density at radius 1 is 1.00 bits per heavy atom. The molecule has 0 saturated carbocycles. The fourth-order valence-corrected chi connectivity index (χ4v) is 1.27. The number of nitrogens with one attached hydrogen (secondary N) is 1. The van der Waals surface area contributed by atoms with E-state index in [1.165, 1.54) is 13.1 Å². The molecule has 0 aromatic carbocycles. The highest BCUT2D eigenvalue weighted by Gasteiger charge is 2.01. The van der Waals surface area contributed by atoms with Crippen LogP contribution in [0.5, 0.6) is 0 Å². The largest absolute Gasteiger partial charge is 0.318 e. The first kappa shape index (κ1) is 12.9. The third kappa shape index (κ3) is 6.99. The Labute approximate surface area is 83.1 Å². The van der Waals surface area contributed by atoms with Gasteiger partial charge in [0.15, 0.2) is 0 Å². The summed E-state index contributed by atoms with van der Waals surface area (Å²) in [4.78, 5) is 4.82. The summed E-state index contributed by atoms with van der Waals surface area (Å²) in [5.41, 5.74) is 0. The summed E-state index contributed by atoms with van der Waals surface area (Å²) < 4.78 is 0. The number of nitrogens with zero attached hydrogens (tertiary/aromatic N) is 2. The summed E-state index contributed by atoms with van der Waals surface area (Å²) in [5.74, 6) is 0. The molecule has 3 nitrogen and oxygen atoms in total. The molecule has 0 heterocycles. The molecule has 0 aliphatic heterocycles. The van der Waals surface area contributed by atoms with E-state index in [2.05, 4.69) is 36.0 Å². The van der Waals surface area contributed by atoms with Crippen LogP contribution in [-0.4, -0.2) is 63.2 Å². The standard InChI is InChI=1S/C10H25N3/c1-5-13(6-2)10-9-12(4)8-7-11-3/h11H,5-10H2,1-4H3. The lowest BCUT2D eigenvalue weighted by molar-refractivity contribution is 0.241. The fraction of sp³-hybridized carbons (Fsp3) is 1.00. The van der Waals surface area contributed by atoms with E-state index in [1.807, 2.05) is 7.05 Å². The van der Waals surface area contributed by atoms with Gasteiger partial charge in [-0.2, -0.15) is 0 Å². The first-order valence-electron chi connectivity index (χ1n) is 5.30. The van der Waals surface area contributed by atoms with Gasteiger partial charge in [-0.15, -0.1) is 0 Å². The highest BCUT2D eigenvalue weighted by molar-refractivity contribution is 4.58. The van der Waals surface area contributed by atoms with Crippen LogP contribution < -0.4 is 5.32 Å². The summed E-state index contributed by atoms with van der Waals surface area (Å²) in [7, 11) is 4.18. The lowest BCUT2D eigenvalue weighted by Crippen LogP contribution is -2.35. The number of rotatable bonds is 8. The normalized spacial score (nSPS) is 11.5. The minimum atomic E-state index is 1.08. The maximum absolute atomic E-state index is 3.16. The van der Waals surface area contributed by atoms with Gasteiger partial charge in [0.2, 0.25) is 0 Å². The number of hydrogen-bond acceptors (Lipinski definition) is 3. The molecule has 0 atom stereocenters. The molecule has 0 aromatic rings. The smallest absolute Gasteiger partial charge is 0.0109 e. The second-order valence-corrected chi connectivity index (χ2v) is 3.43. The highest BCUT2D eigenvalue weighted by Crippen LogP contribution is 1.88. The molecule has 13 heavy (non-hydrogen) atoms. The van der Waals surface area contributed by atoms with E-state index in [9.17, 15) is 0 Å². The Balaban J connectivity index is 3.38. The maximum Gasteiger partial charge on any atom is 0.0109 e. The van der Waals surface area contributed by atoms with Gasteiger partial charge in [0.05, 0.1) is 0 Å². The molecule has 0 amide bonds. The molecule has 0 radical (unpaired) electrons. The minimum Gasteiger partial charge on any atom is -0.318 e. The van der Waals surface area contributed by atoms with Crippen molar-refractivity contribution in [1.82, 2.24) is 15.1 Å². The van der Waals surface area contributed by atoms with Crippen molar-refractivity contribution < 1.29 is 0 Å². The molecule has 1 N–H and O–H groups in total. The van der Waals surface area contributed by atoms with Crippen LogP contribution >= 0.6 is 0 Å². The quantitative estimate of drug-likeness (QED) is 0.596. The topological polar surface area (TPSA) is 18.5 Å². The third-order valence-corrected chi connectivity index (χ3v) is 2.44. The van der Waals surface area contributed by atoms with Crippen LogP contribution in [0, 0.1) is 0 Å². The molecule has 0 unspecified atom stereocenters. The molecule has 3 heteroatoms. The summed E-state index contributed by atoms with van der Waals surface area (Å²) in [6.07, 6.45) is 0. The predicted molar refractivity (Wildman–Crippen MR) is 59.2 cm³/mol. The summed E-state index contributed by atoms with van der Waals surface area (Å²) >= 11 is 0. The molecular formula is C10H25N3. The zero-order valence-electron chi connectivity index (χ0n) is 9.64. The van der Waals surface area contributed by atoms with Gasteiger partial charge in [0.25, 0.3) is 0 Å². The van der Waals surface area contributed by atoms with Gasteiger partial charge in [-0.05, 0) is 27.2 Å². The van der Waals surface area contributed by atoms with Crippen LogP contribution in [0.4, 0.5) is 0 Å². The van der Waals surface area contributed by atoms with Crippen molar-refractivity contribution in [1.29, 1.82) is 0 Å². The van der Waals surface area contributed by atoms with E-state index in [4.69, 9.17) is 0 Å². The maximum atomic E-state index is 3.16. The average molecular weight is 187 g/mol.